The normalized spacial score (nSPS) is 21.5. The van der Waals surface area contributed by atoms with Crippen LogP contribution in [0, 0.1) is 6.92 Å². The second-order valence-electron chi connectivity index (χ2n) is 5.39. The van der Waals surface area contributed by atoms with Crippen LogP contribution in [-0.2, 0) is 14.6 Å². The molecule has 1 aromatic rings. The Labute approximate surface area is 133 Å². The van der Waals surface area contributed by atoms with E-state index in [0.29, 0.717) is 23.5 Å². The first kappa shape index (κ1) is 16.8. The first-order chi connectivity index (χ1) is 10.2. The number of benzene rings is 1. The number of hydrogen-bond acceptors (Lipinski definition) is 5. The van der Waals surface area contributed by atoms with Crippen LogP contribution in [0.15, 0.2) is 23.1 Å². The van der Waals surface area contributed by atoms with E-state index in [1.54, 1.807) is 13.0 Å². The minimum atomic E-state index is -3.43. The van der Waals surface area contributed by atoms with Crippen LogP contribution in [0.5, 0.6) is 0 Å². The van der Waals surface area contributed by atoms with E-state index < -0.39 is 27.3 Å². The van der Waals surface area contributed by atoms with Crippen molar-refractivity contribution >= 4 is 33.5 Å². The minimum Gasteiger partial charge on any atom is -0.479 e. The summed E-state index contributed by atoms with van der Waals surface area (Å²) in [5, 5.41) is 12.0. The molecule has 0 aromatic heterocycles. The predicted molar refractivity (Wildman–Crippen MR) is 84.1 cm³/mol. The van der Waals surface area contributed by atoms with Gasteiger partial charge >= 0.3 is 5.97 Å². The van der Waals surface area contributed by atoms with Gasteiger partial charge in [0.2, 0.25) is 0 Å². The average molecular weight is 343 g/mol. The second-order valence-corrected chi connectivity index (χ2v) is 8.51. The summed E-state index contributed by atoms with van der Waals surface area (Å²) in [6.07, 6.45) is 1.41. The number of carboxylic acid groups (broad SMARTS) is 1. The lowest BCUT2D eigenvalue weighted by molar-refractivity contribution is -0.143. The molecule has 1 fully saturated rings. The zero-order chi connectivity index (χ0) is 16.5. The molecule has 0 spiro atoms. The zero-order valence-corrected chi connectivity index (χ0v) is 13.9. The first-order valence-corrected chi connectivity index (χ1v) is 9.65. The molecule has 1 aliphatic heterocycles. The molecule has 1 atom stereocenters. The summed E-state index contributed by atoms with van der Waals surface area (Å²) >= 11 is 1.47. The van der Waals surface area contributed by atoms with E-state index in [1.165, 1.54) is 23.9 Å². The second kappa shape index (κ2) is 5.92. The van der Waals surface area contributed by atoms with E-state index in [0.717, 1.165) is 6.26 Å². The van der Waals surface area contributed by atoms with Crippen LogP contribution in [0.1, 0.15) is 22.3 Å². The van der Waals surface area contributed by atoms with Gasteiger partial charge in [-0.15, -0.1) is 0 Å². The molecular formula is C14H17NO5S2. The fourth-order valence-corrected chi connectivity index (χ4v) is 4.22. The molecule has 1 amide bonds. The van der Waals surface area contributed by atoms with E-state index in [1.807, 2.05) is 0 Å². The van der Waals surface area contributed by atoms with Gasteiger partial charge in [-0.2, -0.15) is 11.8 Å². The highest BCUT2D eigenvalue weighted by molar-refractivity contribution is 7.99. The van der Waals surface area contributed by atoms with Gasteiger partial charge in [0, 0.05) is 17.6 Å². The van der Waals surface area contributed by atoms with Crippen LogP contribution in [0.2, 0.25) is 0 Å². The summed E-state index contributed by atoms with van der Waals surface area (Å²) in [6, 6.07) is 4.26. The van der Waals surface area contributed by atoms with Crippen molar-refractivity contribution < 1.29 is 23.1 Å². The molecule has 1 saturated heterocycles. The average Bonchev–Trinajstić information content (AvgIpc) is 2.87. The smallest absolute Gasteiger partial charge is 0.330 e. The van der Waals surface area contributed by atoms with Crippen LogP contribution < -0.4 is 5.32 Å². The Morgan fingerprint density at radius 1 is 1.36 bits per heavy atom. The Balaban J connectivity index is 2.35. The number of aryl methyl sites for hydroxylation is 1. The Hall–Kier alpha value is -1.54. The molecule has 1 aromatic carbocycles. The van der Waals surface area contributed by atoms with E-state index in [2.05, 4.69) is 5.32 Å². The maximum Gasteiger partial charge on any atom is 0.330 e. The number of sulfone groups is 1. The van der Waals surface area contributed by atoms with Gasteiger partial charge in [0.15, 0.2) is 9.84 Å². The van der Waals surface area contributed by atoms with Gasteiger partial charge in [-0.3, -0.25) is 4.79 Å². The van der Waals surface area contributed by atoms with Gasteiger partial charge in [0.25, 0.3) is 5.91 Å². The number of nitrogens with one attached hydrogen (secondary N) is 1. The Kier molecular flexibility index (Phi) is 4.53. The van der Waals surface area contributed by atoms with Crippen molar-refractivity contribution in [3.05, 3.63) is 29.3 Å². The van der Waals surface area contributed by atoms with Crippen LogP contribution >= 0.6 is 11.8 Å². The fraction of sp³-hybridized carbons (Fsp3) is 0.429. The zero-order valence-electron chi connectivity index (χ0n) is 12.3. The van der Waals surface area contributed by atoms with Gasteiger partial charge < -0.3 is 10.4 Å². The Morgan fingerprint density at radius 2 is 2.05 bits per heavy atom. The van der Waals surface area contributed by atoms with Crippen molar-refractivity contribution in [1.82, 2.24) is 5.32 Å². The topological polar surface area (TPSA) is 101 Å². The van der Waals surface area contributed by atoms with Crippen molar-refractivity contribution in [3.8, 4) is 0 Å². The van der Waals surface area contributed by atoms with Gasteiger partial charge in [0.05, 0.1) is 4.90 Å². The molecule has 0 saturated carbocycles. The molecule has 0 radical (unpaired) electrons. The molecule has 2 rings (SSSR count). The standard InChI is InChI=1S/C14H17NO5S2/c1-9-3-4-10(22(2,19)20)7-11(9)12(16)15-14(13(17)18)5-6-21-8-14/h3-4,7H,5-6,8H2,1-2H3,(H,15,16)(H,17,18)/t14-/m0/s1. The number of carboxylic acids is 1. The van der Waals surface area contributed by atoms with Crippen molar-refractivity contribution in [1.29, 1.82) is 0 Å². The quantitative estimate of drug-likeness (QED) is 0.849. The lowest BCUT2D eigenvalue weighted by Gasteiger charge is -2.25. The van der Waals surface area contributed by atoms with Crippen molar-refractivity contribution in [2.45, 2.75) is 23.8 Å². The number of carbonyl (C=O) groups excluding carboxylic acids is 1. The molecule has 0 bridgehead atoms. The van der Waals surface area contributed by atoms with Gasteiger partial charge in [-0.1, -0.05) is 6.07 Å². The van der Waals surface area contributed by atoms with E-state index in [-0.39, 0.29) is 10.5 Å². The number of rotatable bonds is 4. The number of amides is 1. The third-order valence-corrected chi connectivity index (χ3v) is 5.97. The molecule has 1 aliphatic rings. The molecule has 8 heteroatoms. The fourth-order valence-electron chi connectivity index (χ4n) is 2.25. The van der Waals surface area contributed by atoms with E-state index in [9.17, 15) is 23.1 Å². The summed E-state index contributed by atoms with van der Waals surface area (Å²) < 4.78 is 23.2. The predicted octanol–water partition coefficient (Wildman–Crippen LogP) is 1.09. The molecule has 0 aliphatic carbocycles. The molecular weight excluding hydrogens is 326 g/mol. The van der Waals surface area contributed by atoms with Gasteiger partial charge in [0.1, 0.15) is 5.54 Å². The maximum absolute atomic E-state index is 12.4. The van der Waals surface area contributed by atoms with Crippen LogP contribution in [0.3, 0.4) is 0 Å². The lowest BCUT2D eigenvalue weighted by atomic mass is 9.98. The number of thioether (sulfide) groups is 1. The van der Waals surface area contributed by atoms with Crippen molar-refractivity contribution in [3.63, 3.8) is 0 Å². The number of aliphatic carboxylic acids is 1. The molecule has 22 heavy (non-hydrogen) atoms. The maximum atomic E-state index is 12.4. The van der Waals surface area contributed by atoms with Crippen molar-refractivity contribution in [2.24, 2.45) is 0 Å². The molecule has 1 heterocycles. The largest absolute Gasteiger partial charge is 0.479 e. The van der Waals surface area contributed by atoms with E-state index >= 15 is 0 Å². The number of hydrogen-bond donors (Lipinski definition) is 2. The first-order valence-electron chi connectivity index (χ1n) is 6.60. The molecule has 0 unspecified atom stereocenters. The highest BCUT2D eigenvalue weighted by Gasteiger charge is 2.43. The summed E-state index contributed by atoms with van der Waals surface area (Å²) in [4.78, 5) is 23.9. The summed E-state index contributed by atoms with van der Waals surface area (Å²) in [5.74, 6) is -0.663. The highest BCUT2D eigenvalue weighted by atomic mass is 32.2. The molecule has 6 nitrogen and oxygen atoms in total. The number of carbonyl (C=O) groups is 2. The van der Waals surface area contributed by atoms with Crippen LogP contribution in [0.4, 0.5) is 0 Å². The van der Waals surface area contributed by atoms with Gasteiger partial charge in [-0.25, -0.2) is 13.2 Å². The summed E-state index contributed by atoms with van der Waals surface area (Å²) in [6.45, 7) is 1.68. The van der Waals surface area contributed by atoms with Crippen LogP contribution in [-0.4, -0.2) is 48.7 Å². The minimum absolute atomic E-state index is 0.0356. The summed E-state index contributed by atoms with van der Waals surface area (Å²) in [5.41, 5.74) is -0.508. The highest BCUT2D eigenvalue weighted by Crippen LogP contribution is 2.29. The Bertz CT molecular complexity index is 721. The summed E-state index contributed by atoms with van der Waals surface area (Å²) in [7, 11) is -3.43. The van der Waals surface area contributed by atoms with Crippen molar-refractivity contribution in [2.75, 3.05) is 17.8 Å². The van der Waals surface area contributed by atoms with Crippen LogP contribution in [0.25, 0.3) is 0 Å². The Morgan fingerprint density at radius 3 is 2.55 bits per heavy atom. The molecule has 2 N–H and O–H groups in total. The SMILES string of the molecule is Cc1ccc(S(C)(=O)=O)cc1C(=O)N[C@@]1(C(=O)O)CCSC1. The third kappa shape index (κ3) is 3.27. The van der Waals surface area contributed by atoms with Gasteiger partial charge in [-0.05, 0) is 36.8 Å². The lowest BCUT2D eigenvalue weighted by Crippen LogP contribution is -2.54. The van der Waals surface area contributed by atoms with E-state index in [4.69, 9.17) is 0 Å². The third-order valence-electron chi connectivity index (χ3n) is 3.67. The monoisotopic (exact) mass is 343 g/mol. The molecule has 120 valence electrons.